The fraction of sp³-hybridized carbons (Fsp3) is 0.500. The van der Waals surface area contributed by atoms with Crippen molar-refractivity contribution in [1.82, 2.24) is 9.97 Å². The van der Waals surface area contributed by atoms with Gasteiger partial charge in [0.05, 0.1) is 0 Å². The molecule has 0 aliphatic heterocycles. The van der Waals surface area contributed by atoms with E-state index in [9.17, 15) is 0 Å². The summed E-state index contributed by atoms with van der Waals surface area (Å²) < 4.78 is 0. The summed E-state index contributed by atoms with van der Waals surface area (Å²) in [5.74, 6) is 1.63. The van der Waals surface area contributed by atoms with Crippen molar-refractivity contribution in [2.75, 3.05) is 0 Å². The third-order valence-electron chi connectivity index (χ3n) is 4.75. The van der Waals surface area contributed by atoms with Crippen molar-refractivity contribution >= 4 is 0 Å². The molecule has 22 heavy (non-hydrogen) atoms. The maximum Gasteiger partial charge on any atom is 0.131 e. The fourth-order valence-electron chi connectivity index (χ4n) is 3.30. The molecule has 0 saturated heterocycles. The van der Waals surface area contributed by atoms with Crippen molar-refractivity contribution in [2.45, 2.75) is 64.2 Å². The van der Waals surface area contributed by atoms with Gasteiger partial charge >= 0.3 is 0 Å². The van der Waals surface area contributed by atoms with E-state index in [4.69, 9.17) is 0 Å². The van der Waals surface area contributed by atoms with Crippen LogP contribution in [0.3, 0.4) is 0 Å². The maximum atomic E-state index is 4.64. The molecular formula is C20H26N2. The second-order valence-electron chi connectivity index (χ2n) is 6.47. The summed E-state index contributed by atoms with van der Waals surface area (Å²) in [6.45, 7) is 2.24. The van der Waals surface area contributed by atoms with E-state index in [0.717, 1.165) is 11.4 Å². The van der Waals surface area contributed by atoms with Crippen LogP contribution in [0.25, 0.3) is 11.1 Å². The first-order valence-electron chi connectivity index (χ1n) is 8.78. The lowest BCUT2D eigenvalue weighted by Crippen LogP contribution is -2.08. The van der Waals surface area contributed by atoms with E-state index in [0.29, 0.717) is 5.92 Å². The van der Waals surface area contributed by atoms with E-state index < -0.39 is 0 Å². The molecule has 1 fully saturated rings. The van der Waals surface area contributed by atoms with Crippen LogP contribution >= 0.6 is 0 Å². The SMILES string of the molecule is CCCCc1ccc(-c2cnc(C3CCCCC3)nc2)cc1. The zero-order valence-corrected chi connectivity index (χ0v) is 13.6. The highest BCUT2D eigenvalue weighted by Crippen LogP contribution is 2.31. The molecule has 0 bridgehead atoms. The summed E-state index contributed by atoms with van der Waals surface area (Å²) >= 11 is 0. The molecule has 3 rings (SSSR count). The second-order valence-corrected chi connectivity index (χ2v) is 6.47. The Morgan fingerprint density at radius 1 is 0.909 bits per heavy atom. The summed E-state index contributed by atoms with van der Waals surface area (Å²) in [5.41, 5.74) is 3.77. The Balaban J connectivity index is 1.69. The number of nitrogens with zero attached hydrogens (tertiary/aromatic N) is 2. The van der Waals surface area contributed by atoms with Gasteiger partial charge in [-0.2, -0.15) is 0 Å². The van der Waals surface area contributed by atoms with Crippen molar-refractivity contribution in [3.63, 3.8) is 0 Å². The minimum atomic E-state index is 0.583. The van der Waals surface area contributed by atoms with E-state index in [-0.39, 0.29) is 0 Å². The molecule has 1 aliphatic carbocycles. The molecule has 2 heteroatoms. The van der Waals surface area contributed by atoms with Gasteiger partial charge in [0, 0.05) is 23.9 Å². The summed E-state index contributed by atoms with van der Waals surface area (Å²) in [6, 6.07) is 8.87. The zero-order valence-electron chi connectivity index (χ0n) is 13.6. The minimum Gasteiger partial charge on any atom is -0.240 e. The lowest BCUT2D eigenvalue weighted by molar-refractivity contribution is 0.428. The van der Waals surface area contributed by atoms with Crippen LogP contribution in [0.5, 0.6) is 0 Å². The van der Waals surface area contributed by atoms with E-state index in [1.165, 1.54) is 62.5 Å². The van der Waals surface area contributed by atoms with E-state index in [1.54, 1.807) is 0 Å². The van der Waals surface area contributed by atoms with Gasteiger partial charge in [-0.15, -0.1) is 0 Å². The molecule has 0 N–H and O–H groups in total. The third-order valence-corrected chi connectivity index (χ3v) is 4.75. The van der Waals surface area contributed by atoms with Crippen LogP contribution in [0.1, 0.15) is 69.2 Å². The molecule has 1 aromatic carbocycles. The molecule has 0 spiro atoms. The highest BCUT2D eigenvalue weighted by Gasteiger charge is 2.17. The van der Waals surface area contributed by atoms with Gasteiger partial charge in [-0.25, -0.2) is 9.97 Å². The number of hydrogen-bond acceptors (Lipinski definition) is 2. The first-order chi connectivity index (χ1) is 10.9. The number of benzene rings is 1. The molecule has 0 amide bonds. The molecular weight excluding hydrogens is 268 g/mol. The van der Waals surface area contributed by atoms with Crippen LogP contribution in [0.15, 0.2) is 36.7 Å². The number of rotatable bonds is 5. The predicted octanol–water partition coefficient (Wildman–Crippen LogP) is 5.53. The van der Waals surface area contributed by atoms with E-state index in [1.807, 2.05) is 12.4 Å². The monoisotopic (exact) mass is 294 g/mol. The maximum absolute atomic E-state index is 4.64. The van der Waals surface area contributed by atoms with Gasteiger partial charge in [-0.3, -0.25) is 0 Å². The Hall–Kier alpha value is -1.70. The zero-order chi connectivity index (χ0) is 15.2. The number of aromatic nitrogens is 2. The van der Waals surface area contributed by atoms with Crippen LogP contribution in [-0.4, -0.2) is 9.97 Å². The first-order valence-corrected chi connectivity index (χ1v) is 8.78. The van der Waals surface area contributed by atoms with Crippen LogP contribution in [0.4, 0.5) is 0 Å². The van der Waals surface area contributed by atoms with Crippen molar-refractivity contribution in [3.05, 3.63) is 48.0 Å². The first kappa shape index (κ1) is 15.2. The van der Waals surface area contributed by atoms with Crippen LogP contribution in [-0.2, 0) is 6.42 Å². The standard InChI is InChI=1S/C20H26N2/c1-2-3-7-16-10-12-17(13-11-16)19-14-21-20(22-15-19)18-8-5-4-6-9-18/h10-15,18H,2-9H2,1H3. The Morgan fingerprint density at radius 2 is 1.59 bits per heavy atom. The molecule has 1 heterocycles. The minimum absolute atomic E-state index is 0.583. The van der Waals surface area contributed by atoms with E-state index >= 15 is 0 Å². The number of aryl methyl sites for hydroxylation is 1. The molecule has 1 aromatic heterocycles. The van der Waals surface area contributed by atoms with Crippen molar-refractivity contribution in [1.29, 1.82) is 0 Å². The predicted molar refractivity (Wildman–Crippen MR) is 91.9 cm³/mol. The van der Waals surface area contributed by atoms with Gasteiger partial charge in [-0.05, 0) is 36.8 Å². The summed E-state index contributed by atoms with van der Waals surface area (Å²) in [4.78, 5) is 9.28. The Bertz CT molecular complexity index is 566. The van der Waals surface area contributed by atoms with Gasteiger partial charge in [0.2, 0.25) is 0 Å². The second kappa shape index (κ2) is 7.53. The summed E-state index contributed by atoms with van der Waals surface area (Å²) in [6.07, 6.45) is 14.2. The van der Waals surface area contributed by atoms with Crippen LogP contribution in [0, 0.1) is 0 Å². The Morgan fingerprint density at radius 3 is 2.23 bits per heavy atom. The number of hydrogen-bond donors (Lipinski definition) is 0. The molecule has 0 radical (unpaired) electrons. The van der Waals surface area contributed by atoms with Crippen molar-refractivity contribution < 1.29 is 0 Å². The molecule has 116 valence electrons. The molecule has 1 saturated carbocycles. The lowest BCUT2D eigenvalue weighted by atomic mass is 9.88. The van der Waals surface area contributed by atoms with Gasteiger partial charge in [0.15, 0.2) is 0 Å². The average molecular weight is 294 g/mol. The lowest BCUT2D eigenvalue weighted by Gasteiger charge is -2.20. The van der Waals surface area contributed by atoms with Gasteiger partial charge in [0.1, 0.15) is 5.82 Å². The Labute approximate surface area is 134 Å². The van der Waals surface area contributed by atoms with Crippen LogP contribution in [0.2, 0.25) is 0 Å². The largest absolute Gasteiger partial charge is 0.240 e. The third kappa shape index (κ3) is 3.73. The highest BCUT2D eigenvalue weighted by molar-refractivity contribution is 5.61. The van der Waals surface area contributed by atoms with Gasteiger partial charge in [0.25, 0.3) is 0 Å². The fourth-order valence-corrected chi connectivity index (χ4v) is 3.30. The topological polar surface area (TPSA) is 25.8 Å². The van der Waals surface area contributed by atoms with Gasteiger partial charge in [-0.1, -0.05) is 56.9 Å². The summed E-state index contributed by atoms with van der Waals surface area (Å²) in [7, 11) is 0. The van der Waals surface area contributed by atoms with Crippen molar-refractivity contribution in [3.8, 4) is 11.1 Å². The molecule has 0 atom stereocenters. The van der Waals surface area contributed by atoms with Gasteiger partial charge < -0.3 is 0 Å². The molecule has 0 unspecified atom stereocenters. The highest BCUT2D eigenvalue weighted by atomic mass is 14.9. The normalized spacial score (nSPS) is 15.9. The van der Waals surface area contributed by atoms with Crippen molar-refractivity contribution in [2.24, 2.45) is 0 Å². The molecule has 2 aromatic rings. The number of unbranched alkanes of at least 4 members (excludes halogenated alkanes) is 1. The van der Waals surface area contributed by atoms with Crippen LogP contribution < -0.4 is 0 Å². The van der Waals surface area contributed by atoms with E-state index in [2.05, 4.69) is 41.2 Å². The molecule has 2 nitrogen and oxygen atoms in total. The quantitative estimate of drug-likeness (QED) is 0.724. The smallest absolute Gasteiger partial charge is 0.131 e. The summed E-state index contributed by atoms with van der Waals surface area (Å²) in [5, 5.41) is 0. The molecule has 1 aliphatic rings. The average Bonchev–Trinajstić information content (AvgIpc) is 2.61. The Kier molecular flexibility index (Phi) is 5.20.